The smallest absolute Gasteiger partial charge is 0.381 e. The first-order valence-corrected chi connectivity index (χ1v) is 11.9. The van der Waals surface area contributed by atoms with Gasteiger partial charge in [-0.25, -0.2) is 23.4 Å². The number of aryl methyl sites for hydroxylation is 1. The number of hydrogen-bond acceptors (Lipinski definition) is 8. The van der Waals surface area contributed by atoms with E-state index in [1.807, 2.05) is 6.92 Å². The van der Waals surface area contributed by atoms with Gasteiger partial charge in [0.2, 0.25) is 5.95 Å². The van der Waals surface area contributed by atoms with Crippen LogP contribution < -0.4 is 16.0 Å². The van der Waals surface area contributed by atoms with Crippen molar-refractivity contribution in [1.82, 2.24) is 24.7 Å². The predicted molar refractivity (Wildman–Crippen MR) is 134 cm³/mol. The molecule has 0 aliphatic carbocycles. The Morgan fingerprint density at radius 2 is 1.90 bits per heavy atom. The van der Waals surface area contributed by atoms with E-state index in [0.29, 0.717) is 23.7 Å². The molecule has 1 atom stereocenters. The molecule has 4 aromatic rings. The highest BCUT2D eigenvalue weighted by atomic mass is 19.4. The van der Waals surface area contributed by atoms with Gasteiger partial charge < -0.3 is 21.1 Å². The zero-order valence-electron chi connectivity index (χ0n) is 20.5. The van der Waals surface area contributed by atoms with E-state index in [1.54, 1.807) is 16.8 Å². The minimum Gasteiger partial charge on any atom is -0.381 e. The Kier molecular flexibility index (Phi) is 6.58. The second-order valence-electron chi connectivity index (χ2n) is 9.06. The number of nitrogen functional groups attached to an aromatic ring is 1. The van der Waals surface area contributed by atoms with Crippen molar-refractivity contribution in [2.75, 3.05) is 29.0 Å². The zero-order valence-corrected chi connectivity index (χ0v) is 20.5. The van der Waals surface area contributed by atoms with Crippen LogP contribution in [0.25, 0.3) is 22.5 Å². The summed E-state index contributed by atoms with van der Waals surface area (Å²) in [5, 5.41) is 17.3. The molecule has 3 aromatic heterocycles. The van der Waals surface area contributed by atoms with Gasteiger partial charge in [0.15, 0.2) is 23.1 Å². The van der Waals surface area contributed by atoms with Crippen molar-refractivity contribution in [3.63, 3.8) is 0 Å². The van der Waals surface area contributed by atoms with Crippen LogP contribution in [0.5, 0.6) is 0 Å². The van der Waals surface area contributed by atoms with Crippen molar-refractivity contribution in [3.8, 4) is 22.5 Å². The third-order valence-corrected chi connectivity index (χ3v) is 6.51. The molecule has 4 N–H and O–H groups in total. The standard InChI is InChI=1S/C25H23F5N8O/c1-2-38-23(34-15-4-5-16(18(26)11-15)17-7-9-32-21(31)20(17)27)35-22(36-38)14-3-6-19(33-12-14)37-10-8-24(39,13-37)25(28,29)30/h3-7,9,11-12,39H,2,8,10,13H2,1H3,(H2,31,32)(H,34,35,36)/t24-/m1/s1. The zero-order chi connectivity index (χ0) is 27.9. The summed E-state index contributed by atoms with van der Waals surface area (Å²) in [6.45, 7) is 1.67. The van der Waals surface area contributed by atoms with E-state index >= 15 is 0 Å². The molecule has 0 radical (unpaired) electrons. The highest BCUT2D eigenvalue weighted by molar-refractivity contribution is 5.70. The average molecular weight is 547 g/mol. The summed E-state index contributed by atoms with van der Waals surface area (Å²) in [7, 11) is 0. The van der Waals surface area contributed by atoms with Crippen LogP contribution in [0.1, 0.15) is 13.3 Å². The Morgan fingerprint density at radius 1 is 1.10 bits per heavy atom. The monoisotopic (exact) mass is 546 g/mol. The lowest BCUT2D eigenvalue weighted by Gasteiger charge is -2.26. The first kappa shape index (κ1) is 26.3. The molecular weight excluding hydrogens is 523 g/mol. The molecule has 1 aliphatic heterocycles. The maximum atomic E-state index is 14.9. The summed E-state index contributed by atoms with van der Waals surface area (Å²) in [6, 6.07) is 8.64. The molecule has 204 valence electrons. The van der Waals surface area contributed by atoms with Gasteiger partial charge in [0.1, 0.15) is 11.6 Å². The number of halogens is 5. The Labute approximate surface area is 219 Å². The first-order chi connectivity index (χ1) is 18.5. The molecule has 1 saturated heterocycles. The van der Waals surface area contributed by atoms with Crippen LogP contribution >= 0.6 is 0 Å². The molecule has 0 unspecified atom stereocenters. The molecule has 0 bridgehead atoms. The van der Waals surface area contributed by atoms with Gasteiger partial charge in [-0.15, -0.1) is 5.10 Å². The second-order valence-corrected chi connectivity index (χ2v) is 9.06. The van der Waals surface area contributed by atoms with Crippen molar-refractivity contribution < 1.29 is 27.1 Å². The molecule has 4 heterocycles. The van der Waals surface area contributed by atoms with E-state index in [-0.39, 0.29) is 35.1 Å². The maximum Gasteiger partial charge on any atom is 0.418 e. The fraction of sp³-hybridized carbons (Fsp3) is 0.280. The average Bonchev–Trinajstić information content (AvgIpc) is 3.50. The van der Waals surface area contributed by atoms with Crippen LogP contribution in [0.2, 0.25) is 0 Å². The van der Waals surface area contributed by atoms with Crippen LogP contribution in [0.4, 0.5) is 45.2 Å². The highest BCUT2D eigenvalue weighted by Crippen LogP contribution is 2.39. The fourth-order valence-corrected chi connectivity index (χ4v) is 4.31. The molecule has 9 nitrogen and oxygen atoms in total. The largest absolute Gasteiger partial charge is 0.418 e. The summed E-state index contributed by atoms with van der Waals surface area (Å²) < 4.78 is 70.1. The molecule has 1 fully saturated rings. The second kappa shape index (κ2) is 9.76. The number of nitrogens with zero attached hydrogens (tertiary/aromatic N) is 6. The van der Waals surface area contributed by atoms with Gasteiger partial charge in [0, 0.05) is 54.3 Å². The summed E-state index contributed by atoms with van der Waals surface area (Å²) >= 11 is 0. The van der Waals surface area contributed by atoms with Crippen molar-refractivity contribution in [2.45, 2.75) is 31.7 Å². The predicted octanol–water partition coefficient (Wildman–Crippen LogP) is 4.53. The number of alkyl halides is 3. The lowest BCUT2D eigenvalue weighted by Crippen LogP contribution is -2.47. The van der Waals surface area contributed by atoms with Gasteiger partial charge in [0.25, 0.3) is 0 Å². The van der Waals surface area contributed by atoms with Gasteiger partial charge in [-0.3, -0.25) is 0 Å². The van der Waals surface area contributed by atoms with Crippen LogP contribution in [-0.2, 0) is 6.54 Å². The summed E-state index contributed by atoms with van der Waals surface area (Å²) in [5.74, 6) is -0.950. The van der Waals surface area contributed by atoms with E-state index in [2.05, 4.69) is 25.4 Å². The van der Waals surface area contributed by atoms with E-state index in [9.17, 15) is 27.1 Å². The third-order valence-electron chi connectivity index (χ3n) is 6.51. The molecular formula is C25H23F5N8O. The number of hydrogen-bond donors (Lipinski definition) is 3. The Hall–Kier alpha value is -4.33. The lowest BCUT2D eigenvalue weighted by atomic mass is 10.0. The molecule has 14 heteroatoms. The van der Waals surface area contributed by atoms with Gasteiger partial charge in [-0.1, -0.05) is 0 Å². The van der Waals surface area contributed by atoms with Crippen LogP contribution in [-0.4, -0.2) is 54.7 Å². The molecule has 5 rings (SSSR count). The van der Waals surface area contributed by atoms with Crippen molar-refractivity contribution in [2.24, 2.45) is 0 Å². The molecule has 1 aromatic carbocycles. The van der Waals surface area contributed by atoms with Gasteiger partial charge >= 0.3 is 6.18 Å². The molecule has 0 saturated carbocycles. The van der Waals surface area contributed by atoms with Gasteiger partial charge in [-0.05, 0) is 43.3 Å². The van der Waals surface area contributed by atoms with Crippen LogP contribution in [0, 0.1) is 11.6 Å². The minimum atomic E-state index is -4.73. The van der Waals surface area contributed by atoms with Crippen molar-refractivity contribution in [1.29, 1.82) is 0 Å². The van der Waals surface area contributed by atoms with Crippen molar-refractivity contribution >= 4 is 23.3 Å². The van der Waals surface area contributed by atoms with Crippen molar-refractivity contribution in [3.05, 3.63) is 60.4 Å². The Balaban J connectivity index is 1.34. The summed E-state index contributed by atoms with van der Waals surface area (Å²) in [6.07, 6.45) is -2.44. The molecule has 1 aliphatic rings. The van der Waals surface area contributed by atoms with Gasteiger partial charge in [-0.2, -0.15) is 18.2 Å². The number of aliphatic hydroxyl groups is 1. The number of nitrogens with one attached hydrogen (secondary N) is 1. The Bertz CT molecular complexity index is 1510. The maximum absolute atomic E-state index is 14.9. The van der Waals surface area contributed by atoms with E-state index in [4.69, 9.17) is 5.73 Å². The number of pyridine rings is 2. The number of rotatable bonds is 6. The normalized spacial score (nSPS) is 17.6. The summed E-state index contributed by atoms with van der Waals surface area (Å²) in [5.41, 5.74) is 3.57. The number of β-amino-alcohol motifs (C(OH)–C–C–N with tert-alkyl or cyclic N) is 1. The van der Waals surface area contributed by atoms with Crippen LogP contribution in [0.15, 0.2) is 48.8 Å². The fourth-order valence-electron chi connectivity index (χ4n) is 4.31. The highest BCUT2D eigenvalue weighted by Gasteiger charge is 2.57. The molecule has 0 spiro atoms. The lowest BCUT2D eigenvalue weighted by molar-refractivity contribution is -0.250. The van der Waals surface area contributed by atoms with E-state index in [1.165, 1.54) is 41.6 Å². The van der Waals surface area contributed by atoms with Crippen LogP contribution in [0.3, 0.4) is 0 Å². The number of benzene rings is 1. The first-order valence-electron chi connectivity index (χ1n) is 11.9. The Morgan fingerprint density at radius 3 is 2.54 bits per heavy atom. The number of aromatic nitrogens is 5. The topological polar surface area (TPSA) is 118 Å². The number of anilines is 4. The minimum absolute atomic E-state index is 0.00960. The van der Waals surface area contributed by atoms with E-state index < -0.39 is 36.4 Å². The molecule has 39 heavy (non-hydrogen) atoms. The SMILES string of the molecule is CCn1nc(-c2ccc(N3CC[C@](O)(C(F)(F)F)C3)nc2)nc1Nc1ccc(-c2ccnc(N)c2F)c(F)c1. The third kappa shape index (κ3) is 4.94. The quantitative estimate of drug-likeness (QED) is 0.302. The molecule has 0 amide bonds. The van der Waals surface area contributed by atoms with E-state index in [0.717, 1.165) is 0 Å². The summed E-state index contributed by atoms with van der Waals surface area (Å²) in [4.78, 5) is 13.7. The van der Waals surface area contributed by atoms with Gasteiger partial charge in [0.05, 0.1) is 6.54 Å². The number of nitrogens with two attached hydrogens (primary N) is 1.